The van der Waals surface area contributed by atoms with E-state index < -0.39 is 12.1 Å². The molecule has 6 nitrogen and oxygen atoms in total. The van der Waals surface area contributed by atoms with E-state index in [4.69, 9.17) is 5.11 Å². The zero-order valence-corrected chi connectivity index (χ0v) is 11.1. The number of carbonyl (C=O) groups is 2. The van der Waals surface area contributed by atoms with Gasteiger partial charge in [-0.25, -0.2) is 0 Å². The van der Waals surface area contributed by atoms with Crippen molar-refractivity contribution in [2.75, 3.05) is 26.2 Å². The van der Waals surface area contributed by atoms with Crippen molar-refractivity contribution in [3.05, 3.63) is 0 Å². The summed E-state index contributed by atoms with van der Waals surface area (Å²) in [5.41, 5.74) is 0. The van der Waals surface area contributed by atoms with E-state index in [1.807, 2.05) is 0 Å². The first-order chi connectivity index (χ1) is 9.08. The van der Waals surface area contributed by atoms with E-state index >= 15 is 0 Å². The summed E-state index contributed by atoms with van der Waals surface area (Å²) in [6, 6.07) is 0.0223. The van der Waals surface area contributed by atoms with Gasteiger partial charge in [0.15, 0.2) is 0 Å². The summed E-state index contributed by atoms with van der Waals surface area (Å²) in [7, 11) is 0. The average molecular weight is 270 g/mol. The number of hydrogen-bond donors (Lipinski definition) is 2. The molecule has 2 atom stereocenters. The fourth-order valence-corrected chi connectivity index (χ4v) is 2.95. The van der Waals surface area contributed by atoms with Gasteiger partial charge in [-0.1, -0.05) is 6.42 Å². The summed E-state index contributed by atoms with van der Waals surface area (Å²) in [5, 5.41) is 18.7. The number of β-amino-alcohol motifs (C(OH)–C–C–N with tert-alkyl or cyclic N) is 1. The van der Waals surface area contributed by atoms with Crippen molar-refractivity contribution < 1.29 is 19.8 Å². The molecule has 0 bridgehead atoms. The maximum atomic E-state index is 11.9. The Labute approximate surface area is 113 Å². The minimum absolute atomic E-state index is 0.0223. The minimum atomic E-state index is -0.958. The van der Waals surface area contributed by atoms with E-state index in [0.29, 0.717) is 13.1 Å². The van der Waals surface area contributed by atoms with Gasteiger partial charge in [-0.2, -0.15) is 0 Å². The molecular weight excluding hydrogens is 248 g/mol. The standard InChI is InChI=1S/C13H22N2O4/c16-11-9-15(12(17)4-5-13(18)19)8-10(11)14-6-2-1-3-7-14/h10-11,16H,1-9H2,(H,18,19)/t10-,11-/m0/s1. The van der Waals surface area contributed by atoms with E-state index in [1.54, 1.807) is 4.90 Å². The predicted molar refractivity (Wildman–Crippen MR) is 68.7 cm³/mol. The number of likely N-dealkylation sites (tertiary alicyclic amines) is 2. The van der Waals surface area contributed by atoms with Crippen molar-refractivity contribution >= 4 is 11.9 Å². The van der Waals surface area contributed by atoms with Crippen LogP contribution in [0.5, 0.6) is 0 Å². The van der Waals surface area contributed by atoms with E-state index in [-0.39, 0.29) is 24.8 Å². The molecule has 2 heterocycles. The van der Waals surface area contributed by atoms with Crippen molar-refractivity contribution in [2.24, 2.45) is 0 Å². The number of amides is 1. The lowest BCUT2D eigenvalue weighted by Crippen LogP contribution is -2.46. The molecule has 0 aromatic heterocycles. The maximum absolute atomic E-state index is 11.9. The summed E-state index contributed by atoms with van der Waals surface area (Å²) in [6.45, 7) is 2.83. The third kappa shape index (κ3) is 3.67. The second-order valence-corrected chi connectivity index (χ2v) is 5.42. The Morgan fingerprint density at radius 1 is 1.05 bits per heavy atom. The number of aliphatic carboxylic acids is 1. The van der Waals surface area contributed by atoms with Gasteiger partial charge in [0.05, 0.1) is 18.6 Å². The van der Waals surface area contributed by atoms with Crippen LogP contribution in [0.2, 0.25) is 0 Å². The second-order valence-electron chi connectivity index (χ2n) is 5.42. The normalized spacial score (nSPS) is 28.6. The Morgan fingerprint density at radius 3 is 2.37 bits per heavy atom. The summed E-state index contributed by atoms with van der Waals surface area (Å²) in [5.74, 6) is -1.12. The van der Waals surface area contributed by atoms with Gasteiger partial charge in [-0.05, 0) is 25.9 Å². The molecule has 2 N–H and O–H groups in total. The van der Waals surface area contributed by atoms with Gasteiger partial charge in [0.1, 0.15) is 0 Å². The van der Waals surface area contributed by atoms with Crippen LogP contribution in [-0.4, -0.2) is 70.2 Å². The van der Waals surface area contributed by atoms with Gasteiger partial charge in [-0.3, -0.25) is 14.5 Å². The Kier molecular flexibility index (Phi) is 4.76. The van der Waals surface area contributed by atoms with Crippen LogP contribution >= 0.6 is 0 Å². The lowest BCUT2D eigenvalue weighted by Gasteiger charge is -2.33. The molecule has 0 aromatic carbocycles. The molecule has 2 rings (SSSR count). The summed E-state index contributed by atoms with van der Waals surface area (Å²) < 4.78 is 0. The van der Waals surface area contributed by atoms with Crippen molar-refractivity contribution in [3.63, 3.8) is 0 Å². The number of aliphatic hydroxyl groups excluding tert-OH is 1. The highest BCUT2D eigenvalue weighted by molar-refractivity contribution is 5.81. The Balaban J connectivity index is 1.85. The molecule has 0 radical (unpaired) electrons. The van der Waals surface area contributed by atoms with Crippen molar-refractivity contribution in [3.8, 4) is 0 Å². The van der Waals surface area contributed by atoms with Gasteiger partial charge in [0.25, 0.3) is 0 Å². The Bertz CT molecular complexity index is 342. The van der Waals surface area contributed by atoms with E-state index in [9.17, 15) is 14.7 Å². The fraction of sp³-hybridized carbons (Fsp3) is 0.846. The van der Waals surface area contributed by atoms with Gasteiger partial charge in [0, 0.05) is 19.5 Å². The van der Waals surface area contributed by atoms with E-state index in [1.165, 1.54) is 6.42 Å². The summed E-state index contributed by atoms with van der Waals surface area (Å²) in [6.07, 6.45) is 2.91. The lowest BCUT2D eigenvalue weighted by atomic mass is 10.1. The number of rotatable bonds is 4. The molecule has 0 unspecified atom stereocenters. The van der Waals surface area contributed by atoms with E-state index in [0.717, 1.165) is 25.9 Å². The molecule has 0 aromatic rings. The van der Waals surface area contributed by atoms with Gasteiger partial charge in [-0.15, -0.1) is 0 Å². The maximum Gasteiger partial charge on any atom is 0.303 e. The first-order valence-corrected chi connectivity index (χ1v) is 6.99. The quantitative estimate of drug-likeness (QED) is 0.746. The van der Waals surface area contributed by atoms with Crippen LogP contribution in [0, 0.1) is 0 Å². The zero-order valence-electron chi connectivity index (χ0n) is 11.1. The molecule has 2 fully saturated rings. The molecule has 1 amide bonds. The number of carbonyl (C=O) groups excluding carboxylic acids is 1. The SMILES string of the molecule is O=C(O)CCC(=O)N1C[C@H](O)[C@@H](N2CCCCC2)C1. The largest absolute Gasteiger partial charge is 0.481 e. The number of nitrogens with zero attached hydrogens (tertiary/aromatic N) is 2. The van der Waals surface area contributed by atoms with Crippen LogP contribution in [0.1, 0.15) is 32.1 Å². The van der Waals surface area contributed by atoms with Crippen LogP contribution < -0.4 is 0 Å². The molecule has 0 aliphatic carbocycles. The molecule has 108 valence electrons. The average Bonchev–Trinajstić information content (AvgIpc) is 2.79. The van der Waals surface area contributed by atoms with Crippen molar-refractivity contribution in [1.82, 2.24) is 9.80 Å². The third-order valence-corrected chi connectivity index (χ3v) is 4.02. The first-order valence-electron chi connectivity index (χ1n) is 6.99. The van der Waals surface area contributed by atoms with E-state index in [2.05, 4.69) is 4.90 Å². The molecule has 6 heteroatoms. The number of carboxylic acids is 1. The first kappa shape index (κ1) is 14.3. The third-order valence-electron chi connectivity index (χ3n) is 4.02. The summed E-state index contributed by atoms with van der Waals surface area (Å²) in [4.78, 5) is 26.2. The highest BCUT2D eigenvalue weighted by atomic mass is 16.4. The van der Waals surface area contributed by atoms with Crippen LogP contribution in [0.3, 0.4) is 0 Å². The van der Waals surface area contributed by atoms with Crippen LogP contribution in [-0.2, 0) is 9.59 Å². The number of aliphatic hydroxyl groups is 1. The molecule has 0 spiro atoms. The van der Waals surface area contributed by atoms with Crippen LogP contribution in [0.25, 0.3) is 0 Å². The fourth-order valence-electron chi connectivity index (χ4n) is 2.95. The number of hydrogen-bond acceptors (Lipinski definition) is 4. The second kappa shape index (κ2) is 6.34. The van der Waals surface area contributed by atoms with Gasteiger partial charge >= 0.3 is 5.97 Å². The number of piperidine rings is 1. The molecule has 0 saturated carbocycles. The molecule has 2 aliphatic heterocycles. The summed E-state index contributed by atoms with van der Waals surface area (Å²) >= 11 is 0. The number of carboxylic acid groups (broad SMARTS) is 1. The van der Waals surface area contributed by atoms with Crippen molar-refractivity contribution in [2.45, 2.75) is 44.2 Å². The minimum Gasteiger partial charge on any atom is -0.481 e. The highest BCUT2D eigenvalue weighted by Gasteiger charge is 2.37. The lowest BCUT2D eigenvalue weighted by molar-refractivity contribution is -0.140. The smallest absolute Gasteiger partial charge is 0.303 e. The van der Waals surface area contributed by atoms with Gasteiger partial charge < -0.3 is 15.1 Å². The van der Waals surface area contributed by atoms with Gasteiger partial charge in [0.2, 0.25) is 5.91 Å². The molecule has 2 aliphatic rings. The molecule has 19 heavy (non-hydrogen) atoms. The zero-order chi connectivity index (χ0) is 13.8. The predicted octanol–water partition coefficient (Wildman–Crippen LogP) is -0.0912. The molecular formula is C13H22N2O4. The molecule has 2 saturated heterocycles. The van der Waals surface area contributed by atoms with Crippen molar-refractivity contribution in [1.29, 1.82) is 0 Å². The van der Waals surface area contributed by atoms with Crippen LogP contribution in [0.15, 0.2) is 0 Å². The Hall–Kier alpha value is -1.14. The monoisotopic (exact) mass is 270 g/mol. The van der Waals surface area contributed by atoms with Crippen LogP contribution in [0.4, 0.5) is 0 Å². The highest BCUT2D eigenvalue weighted by Crippen LogP contribution is 2.21. The Morgan fingerprint density at radius 2 is 1.74 bits per heavy atom. The topological polar surface area (TPSA) is 81.1 Å².